The van der Waals surface area contributed by atoms with E-state index in [4.69, 9.17) is 0 Å². The Balaban J connectivity index is 2.58. The number of aliphatic carboxylic acids is 1. The average molecular weight is 285 g/mol. The minimum atomic E-state index is -0.976. The number of nitrogens with one attached hydrogen (secondary N) is 2. The van der Waals surface area contributed by atoms with Gasteiger partial charge in [0.2, 0.25) is 0 Å². The van der Waals surface area contributed by atoms with Crippen LogP contribution >= 0.6 is 11.8 Å². The van der Waals surface area contributed by atoms with E-state index >= 15 is 0 Å². The standard InChI is InChI=1S/C12H19N3O3S/c1-8(2)15-12(3,10(17)18)5-7-19-11-13-6-4-9(16)14-11/h4,6,8,15H,5,7H2,1-3H3,(H,17,18)(H,13,14,16). The minimum Gasteiger partial charge on any atom is -0.480 e. The molecule has 19 heavy (non-hydrogen) atoms. The number of carboxylic acids is 1. The maximum absolute atomic E-state index is 11.3. The van der Waals surface area contributed by atoms with E-state index in [-0.39, 0.29) is 11.6 Å². The van der Waals surface area contributed by atoms with E-state index < -0.39 is 11.5 Å². The van der Waals surface area contributed by atoms with E-state index in [0.717, 1.165) is 0 Å². The highest BCUT2D eigenvalue weighted by Gasteiger charge is 2.32. The molecule has 0 aliphatic carbocycles. The molecule has 0 spiro atoms. The Morgan fingerprint density at radius 3 is 2.84 bits per heavy atom. The lowest BCUT2D eigenvalue weighted by molar-refractivity contribution is -0.144. The van der Waals surface area contributed by atoms with Crippen molar-refractivity contribution in [3.05, 3.63) is 22.6 Å². The summed E-state index contributed by atoms with van der Waals surface area (Å²) >= 11 is 1.34. The zero-order valence-corrected chi connectivity index (χ0v) is 12.1. The second kappa shape index (κ2) is 6.72. The van der Waals surface area contributed by atoms with Gasteiger partial charge in [-0.1, -0.05) is 11.8 Å². The second-order valence-electron chi connectivity index (χ2n) is 4.77. The number of carbonyl (C=O) groups is 1. The fourth-order valence-electron chi connectivity index (χ4n) is 1.66. The summed E-state index contributed by atoms with van der Waals surface area (Å²) in [5.74, 6) is -0.327. The summed E-state index contributed by atoms with van der Waals surface area (Å²) in [6, 6.07) is 1.42. The molecular weight excluding hydrogens is 266 g/mol. The predicted octanol–water partition coefficient (Wildman–Crippen LogP) is 1.09. The molecule has 1 unspecified atom stereocenters. The van der Waals surface area contributed by atoms with Gasteiger partial charge in [0.15, 0.2) is 5.16 Å². The van der Waals surface area contributed by atoms with Crippen LogP contribution in [0.25, 0.3) is 0 Å². The van der Waals surface area contributed by atoms with E-state index in [1.807, 2.05) is 13.8 Å². The van der Waals surface area contributed by atoms with Gasteiger partial charge in [-0.2, -0.15) is 0 Å². The number of aromatic amines is 1. The van der Waals surface area contributed by atoms with E-state index in [9.17, 15) is 14.7 Å². The summed E-state index contributed by atoms with van der Waals surface area (Å²) < 4.78 is 0. The third kappa shape index (κ3) is 5.04. The maximum atomic E-state index is 11.3. The van der Waals surface area contributed by atoms with Gasteiger partial charge in [0.25, 0.3) is 5.56 Å². The molecule has 1 atom stereocenters. The van der Waals surface area contributed by atoms with Crippen molar-refractivity contribution in [3.63, 3.8) is 0 Å². The Morgan fingerprint density at radius 2 is 2.32 bits per heavy atom. The number of carboxylic acid groups (broad SMARTS) is 1. The van der Waals surface area contributed by atoms with E-state index in [2.05, 4.69) is 15.3 Å². The van der Waals surface area contributed by atoms with Crippen LogP contribution in [0.15, 0.2) is 22.2 Å². The van der Waals surface area contributed by atoms with Gasteiger partial charge in [0.05, 0.1) is 0 Å². The smallest absolute Gasteiger partial charge is 0.323 e. The van der Waals surface area contributed by atoms with Gasteiger partial charge in [-0.25, -0.2) is 4.98 Å². The van der Waals surface area contributed by atoms with Crippen molar-refractivity contribution in [2.45, 2.75) is 43.9 Å². The Labute approximate surface area is 116 Å². The monoisotopic (exact) mass is 285 g/mol. The molecule has 7 heteroatoms. The highest BCUT2D eigenvalue weighted by molar-refractivity contribution is 7.99. The molecule has 0 saturated carbocycles. The number of aromatic nitrogens is 2. The van der Waals surface area contributed by atoms with Gasteiger partial charge in [0, 0.05) is 24.1 Å². The van der Waals surface area contributed by atoms with Crippen LogP contribution in [0.3, 0.4) is 0 Å². The molecule has 0 aliphatic rings. The highest BCUT2D eigenvalue weighted by Crippen LogP contribution is 2.19. The Hall–Kier alpha value is -1.34. The van der Waals surface area contributed by atoms with E-state index in [0.29, 0.717) is 17.3 Å². The predicted molar refractivity (Wildman–Crippen MR) is 74.5 cm³/mol. The molecule has 1 aromatic rings. The fourth-order valence-corrected chi connectivity index (χ4v) is 2.67. The van der Waals surface area contributed by atoms with Gasteiger partial charge >= 0.3 is 5.97 Å². The number of thioether (sulfide) groups is 1. The zero-order valence-electron chi connectivity index (χ0n) is 11.3. The summed E-state index contributed by atoms with van der Waals surface area (Å²) in [6.07, 6.45) is 1.87. The Kier molecular flexibility index (Phi) is 5.56. The lowest BCUT2D eigenvalue weighted by atomic mass is 9.98. The third-order valence-electron chi connectivity index (χ3n) is 2.57. The molecular formula is C12H19N3O3S. The third-order valence-corrected chi connectivity index (χ3v) is 3.46. The molecule has 0 amide bonds. The van der Waals surface area contributed by atoms with E-state index in [1.54, 1.807) is 6.92 Å². The van der Waals surface area contributed by atoms with Crippen LogP contribution in [-0.4, -0.2) is 38.4 Å². The molecule has 1 rings (SSSR count). The van der Waals surface area contributed by atoms with E-state index in [1.165, 1.54) is 24.0 Å². The Bertz CT molecular complexity index is 489. The van der Waals surface area contributed by atoms with Crippen LogP contribution in [0.2, 0.25) is 0 Å². The van der Waals surface area contributed by atoms with Crippen LogP contribution < -0.4 is 10.9 Å². The number of hydrogen-bond acceptors (Lipinski definition) is 5. The first-order chi connectivity index (χ1) is 8.83. The largest absolute Gasteiger partial charge is 0.480 e. The van der Waals surface area contributed by atoms with Gasteiger partial charge < -0.3 is 10.1 Å². The highest BCUT2D eigenvalue weighted by atomic mass is 32.2. The lowest BCUT2D eigenvalue weighted by Gasteiger charge is -2.28. The van der Waals surface area contributed by atoms with Crippen LogP contribution in [0.1, 0.15) is 27.2 Å². The summed E-state index contributed by atoms with van der Waals surface area (Å²) in [4.78, 5) is 29.0. The van der Waals surface area contributed by atoms with Crippen molar-refractivity contribution in [2.24, 2.45) is 0 Å². The van der Waals surface area contributed by atoms with Gasteiger partial charge in [-0.05, 0) is 27.2 Å². The average Bonchev–Trinajstić information content (AvgIpc) is 2.27. The molecule has 1 aromatic heterocycles. The number of hydrogen-bond donors (Lipinski definition) is 3. The molecule has 106 valence electrons. The van der Waals surface area contributed by atoms with Crippen molar-refractivity contribution >= 4 is 17.7 Å². The summed E-state index contributed by atoms with van der Waals surface area (Å²) in [5, 5.41) is 12.8. The van der Waals surface area contributed by atoms with Crippen molar-refractivity contribution in [1.82, 2.24) is 15.3 Å². The second-order valence-corrected chi connectivity index (χ2v) is 5.86. The first kappa shape index (κ1) is 15.7. The first-order valence-electron chi connectivity index (χ1n) is 6.03. The van der Waals surface area contributed by atoms with Gasteiger partial charge in [-0.15, -0.1) is 0 Å². The van der Waals surface area contributed by atoms with Crippen molar-refractivity contribution < 1.29 is 9.90 Å². The van der Waals surface area contributed by atoms with Crippen LogP contribution in [0.5, 0.6) is 0 Å². The van der Waals surface area contributed by atoms with Crippen molar-refractivity contribution in [3.8, 4) is 0 Å². The summed E-state index contributed by atoms with van der Waals surface area (Å²) in [5.41, 5.74) is -1.19. The molecule has 1 heterocycles. The SMILES string of the molecule is CC(C)NC(C)(CCSc1nccc(=O)[nH]1)C(=O)O. The van der Waals surface area contributed by atoms with Crippen molar-refractivity contribution in [2.75, 3.05) is 5.75 Å². The van der Waals surface area contributed by atoms with Crippen molar-refractivity contribution in [1.29, 1.82) is 0 Å². The normalized spacial score (nSPS) is 14.3. The quantitative estimate of drug-likeness (QED) is 0.513. The van der Waals surface area contributed by atoms with Gasteiger partial charge in [-0.3, -0.25) is 14.9 Å². The van der Waals surface area contributed by atoms with Crippen LogP contribution in [0, 0.1) is 0 Å². The summed E-state index contributed by atoms with van der Waals surface area (Å²) in [7, 11) is 0. The number of nitrogens with zero attached hydrogens (tertiary/aromatic N) is 1. The number of rotatable bonds is 7. The first-order valence-corrected chi connectivity index (χ1v) is 7.01. The summed E-state index contributed by atoms with van der Waals surface area (Å²) in [6.45, 7) is 5.48. The van der Waals surface area contributed by atoms with Gasteiger partial charge in [0.1, 0.15) is 5.54 Å². The lowest BCUT2D eigenvalue weighted by Crippen LogP contribution is -2.52. The maximum Gasteiger partial charge on any atom is 0.323 e. The minimum absolute atomic E-state index is 0.0840. The molecule has 3 N–H and O–H groups in total. The molecule has 0 fully saturated rings. The molecule has 0 aliphatic heterocycles. The molecule has 6 nitrogen and oxygen atoms in total. The van der Waals surface area contributed by atoms with Crippen LogP contribution in [0.4, 0.5) is 0 Å². The van der Waals surface area contributed by atoms with Crippen LogP contribution in [-0.2, 0) is 4.79 Å². The molecule has 0 bridgehead atoms. The molecule has 0 aromatic carbocycles. The molecule has 0 radical (unpaired) electrons. The molecule has 0 saturated heterocycles. The fraction of sp³-hybridized carbons (Fsp3) is 0.583. The Morgan fingerprint density at radius 1 is 1.63 bits per heavy atom. The zero-order chi connectivity index (χ0) is 14.5. The number of H-pyrrole nitrogens is 1. The topological polar surface area (TPSA) is 95.1 Å².